The quantitative estimate of drug-likeness (QED) is 0.519. The Hall–Kier alpha value is -2.97. The first kappa shape index (κ1) is 22.8. The summed E-state index contributed by atoms with van der Waals surface area (Å²) in [7, 11) is 1.91. The summed E-state index contributed by atoms with van der Waals surface area (Å²) in [6, 6.07) is 7.60. The number of nitrogens with two attached hydrogens (primary N) is 1. The number of halogens is 1. The largest absolute Gasteiger partial charge is 0.397 e. The maximum atomic E-state index is 15.4. The van der Waals surface area contributed by atoms with E-state index in [1.165, 1.54) is 16.9 Å². The molecule has 8 heteroatoms. The first-order chi connectivity index (χ1) is 16.4. The van der Waals surface area contributed by atoms with Crippen LogP contribution in [-0.4, -0.2) is 37.1 Å². The highest BCUT2D eigenvalue weighted by atomic mass is 32.1. The van der Waals surface area contributed by atoms with Crippen LogP contribution in [0.4, 0.5) is 15.8 Å². The highest BCUT2D eigenvalue weighted by Crippen LogP contribution is 2.34. The molecule has 4 N–H and O–H groups in total. The highest BCUT2D eigenvalue weighted by molar-refractivity contribution is 7.21. The molecule has 1 fully saturated rings. The lowest BCUT2D eigenvalue weighted by atomic mass is 9.87. The predicted molar refractivity (Wildman–Crippen MR) is 137 cm³/mol. The summed E-state index contributed by atoms with van der Waals surface area (Å²) in [5.74, 6) is -0.336. The van der Waals surface area contributed by atoms with Crippen LogP contribution in [0, 0.1) is 12.7 Å². The van der Waals surface area contributed by atoms with Gasteiger partial charge in [0.15, 0.2) is 0 Å². The van der Waals surface area contributed by atoms with E-state index in [4.69, 9.17) is 5.73 Å². The number of aromatic nitrogens is 1. The van der Waals surface area contributed by atoms with E-state index < -0.39 is 0 Å². The third-order valence-corrected chi connectivity index (χ3v) is 7.88. The predicted octanol–water partition coefficient (Wildman–Crippen LogP) is 4.32. The Bertz CT molecular complexity index is 1280. The summed E-state index contributed by atoms with van der Waals surface area (Å²) < 4.78 is 15.4. The van der Waals surface area contributed by atoms with E-state index in [0.29, 0.717) is 35.5 Å². The molecule has 178 valence electrons. The molecule has 2 aliphatic rings. The summed E-state index contributed by atoms with van der Waals surface area (Å²) in [5, 5.41) is 7.30. The van der Waals surface area contributed by atoms with Gasteiger partial charge in [0, 0.05) is 36.9 Å². The number of nitrogens with one attached hydrogen (secondary N) is 2. The number of thiophene rings is 1. The molecule has 1 atom stereocenters. The molecule has 0 saturated carbocycles. The fourth-order valence-electron chi connectivity index (χ4n) is 4.93. The van der Waals surface area contributed by atoms with Crippen LogP contribution in [-0.2, 0) is 12.8 Å². The van der Waals surface area contributed by atoms with Gasteiger partial charge in [0.2, 0.25) is 0 Å². The number of carbonyl (C=O) groups is 1. The molecule has 3 aromatic rings. The lowest BCUT2D eigenvalue weighted by Gasteiger charge is -2.28. The van der Waals surface area contributed by atoms with E-state index in [2.05, 4.69) is 21.8 Å². The standard InChI is InChI=1S/C26H30FN5OS/c1-15-5-8-20-23(28)24(34-26(20)30-15)25(33)31-18-7-9-19-17(12-18)6-10-21(22(19)27)32(2)14-16-4-3-11-29-13-16/h5-6,8,10,14,18,29H,3-4,7,9,11-13,28H2,1-2H3,(H,31,33)/b16-14+/t18-/m0/s1. The highest BCUT2D eigenvalue weighted by Gasteiger charge is 2.26. The molecule has 34 heavy (non-hydrogen) atoms. The fraction of sp³-hybridized carbons (Fsp3) is 0.385. The zero-order valence-electron chi connectivity index (χ0n) is 19.6. The summed E-state index contributed by atoms with van der Waals surface area (Å²) in [6.07, 6.45) is 6.10. The molecule has 0 bridgehead atoms. The Kier molecular flexibility index (Phi) is 6.27. The van der Waals surface area contributed by atoms with E-state index >= 15 is 4.39 Å². The van der Waals surface area contributed by atoms with Gasteiger partial charge < -0.3 is 21.3 Å². The maximum Gasteiger partial charge on any atom is 0.263 e. The number of hydrogen-bond acceptors (Lipinski definition) is 6. The average Bonchev–Trinajstić information content (AvgIpc) is 3.15. The number of anilines is 2. The van der Waals surface area contributed by atoms with Crippen molar-refractivity contribution < 1.29 is 9.18 Å². The minimum Gasteiger partial charge on any atom is -0.397 e. The number of nitrogens with zero attached hydrogens (tertiary/aromatic N) is 2. The van der Waals surface area contributed by atoms with E-state index in [9.17, 15) is 4.79 Å². The molecule has 3 heterocycles. The number of amides is 1. The monoisotopic (exact) mass is 479 g/mol. The first-order valence-electron chi connectivity index (χ1n) is 11.8. The van der Waals surface area contributed by atoms with Crippen LogP contribution in [0.15, 0.2) is 36.0 Å². The van der Waals surface area contributed by atoms with Gasteiger partial charge in [-0.1, -0.05) is 6.07 Å². The normalized spacial score (nSPS) is 19.3. The van der Waals surface area contributed by atoms with Crippen molar-refractivity contribution in [2.75, 3.05) is 30.8 Å². The average molecular weight is 480 g/mol. The molecule has 5 rings (SSSR count). The zero-order valence-corrected chi connectivity index (χ0v) is 20.4. The lowest BCUT2D eigenvalue weighted by Crippen LogP contribution is -2.39. The van der Waals surface area contributed by atoms with Crippen molar-refractivity contribution in [3.63, 3.8) is 0 Å². The van der Waals surface area contributed by atoms with E-state index in [1.54, 1.807) is 0 Å². The van der Waals surface area contributed by atoms with Gasteiger partial charge in [0.25, 0.3) is 5.91 Å². The molecule has 1 saturated heterocycles. The van der Waals surface area contributed by atoms with Crippen molar-refractivity contribution in [1.82, 2.24) is 15.6 Å². The number of nitrogen functional groups attached to an aromatic ring is 1. The van der Waals surface area contributed by atoms with Gasteiger partial charge in [-0.3, -0.25) is 4.79 Å². The SMILES string of the molecule is Cc1ccc2c(N)c(C(=O)N[C@H]3CCc4c(ccc(N(C)/C=C5\CCCNC5)c4F)C3)sc2n1. The molecular weight excluding hydrogens is 449 g/mol. The van der Waals surface area contributed by atoms with Crippen molar-refractivity contribution in [1.29, 1.82) is 0 Å². The first-order valence-corrected chi connectivity index (χ1v) is 12.6. The third kappa shape index (κ3) is 4.40. The van der Waals surface area contributed by atoms with Crippen LogP contribution in [0.3, 0.4) is 0 Å². The second kappa shape index (κ2) is 9.35. The van der Waals surface area contributed by atoms with Crippen LogP contribution in [0.5, 0.6) is 0 Å². The topological polar surface area (TPSA) is 83.3 Å². The Balaban J connectivity index is 1.30. The van der Waals surface area contributed by atoms with E-state index in [0.717, 1.165) is 53.0 Å². The minimum absolute atomic E-state index is 0.0577. The van der Waals surface area contributed by atoms with Crippen molar-refractivity contribution in [3.05, 3.63) is 63.6 Å². The van der Waals surface area contributed by atoms with Gasteiger partial charge in [-0.2, -0.15) is 0 Å². The van der Waals surface area contributed by atoms with Crippen molar-refractivity contribution in [2.24, 2.45) is 0 Å². The van der Waals surface area contributed by atoms with Gasteiger partial charge >= 0.3 is 0 Å². The van der Waals surface area contributed by atoms with Crippen molar-refractivity contribution in [3.8, 4) is 0 Å². The molecule has 1 aliphatic heterocycles. The van der Waals surface area contributed by atoms with Gasteiger partial charge in [-0.05, 0) is 80.5 Å². The molecule has 1 amide bonds. The van der Waals surface area contributed by atoms with E-state index in [-0.39, 0.29) is 17.8 Å². The van der Waals surface area contributed by atoms with Gasteiger partial charge in [0.05, 0.1) is 11.4 Å². The van der Waals surface area contributed by atoms with Gasteiger partial charge in [0.1, 0.15) is 15.5 Å². The molecule has 6 nitrogen and oxygen atoms in total. The summed E-state index contributed by atoms with van der Waals surface area (Å²) >= 11 is 1.32. The van der Waals surface area contributed by atoms with Crippen molar-refractivity contribution in [2.45, 2.75) is 45.1 Å². The Labute approximate surface area is 203 Å². The summed E-state index contributed by atoms with van der Waals surface area (Å²) in [6.45, 7) is 3.82. The molecule has 0 radical (unpaired) electrons. The number of carbonyl (C=O) groups excluding carboxylic acids is 1. The number of hydrogen-bond donors (Lipinski definition) is 3. The lowest BCUT2D eigenvalue weighted by molar-refractivity contribution is 0.0938. The van der Waals surface area contributed by atoms with Crippen molar-refractivity contribution >= 4 is 38.8 Å². The minimum atomic E-state index is -0.184. The van der Waals surface area contributed by atoms with Crippen LogP contribution >= 0.6 is 11.3 Å². The third-order valence-electron chi connectivity index (χ3n) is 6.76. The molecular formula is C26H30FN5OS. The van der Waals surface area contributed by atoms with Crippen LogP contribution in [0.1, 0.15) is 45.8 Å². The summed E-state index contributed by atoms with van der Waals surface area (Å²) in [5.41, 5.74) is 11.2. The maximum absolute atomic E-state index is 15.4. The zero-order chi connectivity index (χ0) is 23.8. The Morgan fingerprint density at radius 2 is 2.18 bits per heavy atom. The molecule has 1 aromatic carbocycles. The number of aryl methyl sites for hydroxylation is 1. The number of piperidine rings is 1. The summed E-state index contributed by atoms with van der Waals surface area (Å²) in [4.78, 5) is 20.6. The Morgan fingerprint density at radius 1 is 1.32 bits per heavy atom. The van der Waals surface area contributed by atoms with Gasteiger partial charge in [-0.15, -0.1) is 11.3 Å². The number of fused-ring (bicyclic) bond motifs is 2. The smallest absolute Gasteiger partial charge is 0.263 e. The molecule has 2 aromatic heterocycles. The molecule has 0 unspecified atom stereocenters. The molecule has 1 aliphatic carbocycles. The fourth-order valence-corrected chi connectivity index (χ4v) is 5.98. The number of pyridine rings is 1. The Morgan fingerprint density at radius 3 is 2.97 bits per heavy atom. The molecule has 0 spiro atoms. The van der Waals surface area contributed by atoms with Crippen LogP contribution in [0.25, 0.3) is 10.2 Å². The van der Waals surface area contributed by atoms with Gasteiger partial charge in [-0.25, -0.2) is 9.37 Å². The van der Waals surface area contributed by atoms with E-state index in [1.807, 2.05) is 43.1 Å². The van der Waals surface area contributed by atoms with Crippen LogP contribution in [0.2, 0.25) is 0 Å². The number of benzene rings is 1. The second-order valence-corrected chi connectivity index (χ2v) is 10.3. The second-order valence-electron chi connectivity index (χ2n) is 9.28. The number of rotatable bonds is 4. The van der Waals surface area contributed by atoms with Crippen LogP contribution < -0.4 is 21.3 Å².